The van der Waals surface area contributed by atoms with E-state index >= 15 is 0 Å². The van der Waals surface area contributed by atoms with Gasteiger partial charge in [-0.1, -0.05) is 29.3 Å². The number of amides is 2. The van der Waals surface area contributed by atoms with E-state index in [-0.39, 0.29) is 18.4 Å². The van der Waals surface area contributed by atoms with Gasteiger partial charge in [-0.05, 0) is 44.5 Å². The van der Waals surface area contributed by atoms with Gasteiger partial charge in [-0.15, -0.1) is 0 Å². The second-order valence-corrected chi connectivity index (χ2v) is 6.71. The van der Waals surface area contributed by atoms with Crippen molar-refractivity contribution in [2.24, 2.45) is 0 Å². The number of aromatic nitrogens is 2. The molecular weight excluding hydrogens is 340 g/mol. The summed E-state index contributed by atoms with van der Waals surface area (Å²) in [6.07, 6.45) is 1.53. The summed E-state index contributed by atoms with van der Waals surface area (Å²) in [6, 6.07) is 13.5. The van der Waals surface area contributed by atoms with Crippen LogP contribution in [0, 0.1) is 13.8 Å². The average Bonchev–Trinajstić information content (AvgIpc) is 3.05. The highest BCUT2D eigenvalue weighted by atomic mass is 16.2. The predicted molar refractivity (Wildman–Crippen MR) is 106 cm³/mol. The van der Waals surface area contributed by atoms with E-state index in [1.807, 2.05) is 56.3 Å². The van der Waals surface area contributed by atoms with Gasteiger partial charge < -0.3 is 15.6 Å². The quantitative estimate of drug-likeness (QED) is 0.563. The highest BCUT2D eigenvalue weighted by Crippen LogP contribution is 2.11. The standard InChI is InChI=1S/C21H24N4O2/c1-14-10-15(2)12-16(11-14)21(27)23-13-20(26)22-9-5-8-19-24-17-6-3-4-7-18(17)25-19/h3-4,6-7,10-12H,5,8-9,13H2,1-2H3,(H,22,26)(H,23,27)(H,24,25). The fourth-order valence-electron chi connectivity index (χ4n) is 3.04. The summed E-state index contributed by atoms with van der Waals surface area (Å²) in [5.41, 5.74) is 4.59. The van der Waals surface area contributed by atoms with Crippen LogP contribution in [-0.2, 0) is 11.2 Å². The lowest BCUT2D eigenvalue weighted by Crippen LogP contribution is -2.37. The Hall–Kier alpha value is -3.15. The molecular formula is C21H24N4O2. The molecule has 2 aromatic carbocycles. The van der Waals surface area contributed by atoms with Crippen LogP contribution in [-0.4, -0.2) is 34.9 Å². The molecule has 0 unspecified atom stereocenters. The molecule has 2 amide bonds. The molecule has 0 saturated carbocycles. The molecule has 0 bridgehead atoms. The molecule has 0 radical (unpaired) electrons. The third kappa shape index (κ3) is 5.17. The van der Waals surface area contributed by atoms with Gasteiger partial charge in [-0.25, -0.2) is 4.98 Å². The SMILES string of the molecule is Cc1cc(C)cc(C(=O)NCC(=O)NCCCc2nc3ccccc3[nH]2)c1. The summed E-state index contributed by atoms with van der Waals surface area (Å²) < 4.78 is 0. The van der Waals surface area contributed by atoms with E-state index in [0.717, 1.165) is 40.8 Å². The van der Waals surface area contributed by atoms with Crippen molar-refractivity contribution in [3.63, 3.8) is 0 Å². The number of H-pyrrole nitrogens is 1. The maximum absolute atomic E-state index is 12.2. The van der Waals surface area contributed by atoms with Crippen molar-refractivity contribution in [3.05, 3.63) is 65.0 Å². The fraction of sp³-hybridized carbons (Fsp3) is 0.286. The largest absolute Gasteiger partial charge is 0.355 e. The van der Waals surface area contributed by atoms with Gasteiger partial charge in [-0.2, -0.15) is 0 Å². The zero-order valence-electron chi connectivity index (χ0n) is 15.6. The molecule has 1 aromatic heterocycles. The molecule has 0 aliphatic rings. The van der Waals surface area contributed by atoms with Gasteiger partial charge in [0.2, 0.25) is 5.91 Å². The molecule has 0 spiro atoms. The van der Waals surface area contributed by atoms with Crippen molar-refractivity contribution in [1.82, 2.24) is 20.6 Å². The summed E-state index contributed by atoms with van der Waals surface area (Å²) >= 11 is 0. The van der Waals surface area contributed by atoms with Crippen molar-refractivity contribution in [2.45, 2.75) is 26.7 Å². The van der Waals surface area contributed by atoms with Crippen LogP contribution in [0.2, 0.25) is 0 Å². The first-order valence-corrected chi connectivity index (χ1v) is 9.08. The molecule has 0 saturated heterocycles. The molecule has 3 rings (SSSR count). The fourth-order valence-corrected chi connectivity index (χ4v) is 3.04. The Kier molecular flexibility index (Phi) is 5.86. The molecule has 3 N–H and O–H groups in total. The molecule has 27 heavy (non-hydrogen) atoms. The van der Waals surface area contributed by atoms with Gasteiger partial charge in [-0.3, -0.25) is 9.59 Å². The van der Waals surface area contributed by atoms with Crippen LogP contribution >= 0.6 is 0 Å². The smallest absolute Gasteiger partial charge is 0.251 e. The van der Waals surface area contributed by atoms with Crippen molar-refractivity contribution in [1.29, 1.82) is 0 Å². The minimum atomic E-state index is -0.237. The Morgan fingerprint density at radius 2 is 1.78 bits per heavy atom. The van der Waals surface area contributed by atoms with Crippen LogP contribution in [0.4, 0.5) is 0 Å². The lowest BCUT2D eigenvalue weighted by Gasteiger charge is -2.08. The molecule has 0 aliphatic carbocycles. The molecule has 1 heterocycles. The monoisotopic (exact) mass is 364 g/mol. The number of nitrogens with zero attached hydrogens (tertiary/aromatic N) is 1. The number of aryl methyl sites for hydroxylation is 3. The second kappa shape index (κ2) is 8.49. The van der Waals surface area contributed by atoms with E-state index in [4.69, 9.17) is 0 Å². The third-order valence-corrected chi connectivity index (χ3v) is 4.24. The summed E-state index contributed by atoms with van der Waals surface area (Å²) in [5.74, 6) is 0.477. The van der Waals surface area contributed by atoms with Gasteiger partial charge in [0.25, 0.3) is 5.91 Å². The highest BCUT2D eigenvalue weighted by Gasteiger charge is 2.09. The third-order valence-electron chi connectivity index (χ3n) is 4.24. The molecule has 6 nitrogen and oxygen atoms in total. The van der Waals surface area contributed by atoms with Crippen LogP contribution in [0.1, 0.15) is 33.7 Å². The summed E-state index contributed by atoms with van der Waals surface area (Å²) in [6.45, 7) is 4.39. The summed E-state index contributed by atoms with van der Waals surface area (Å²) in [4.78, 5) is 31.8. The molecule has 0 aliphatic heterocycles. The molecule has 0 fully saturated rings. The minimum absolute atomic E-state index is 0.0313. The predicted octanol–water partition coefficient (Wildman–Crippen LogP) is 2.66. The zero-order valence-corrected chi connectivity index (χ0v) is 15.6. The maximum atomic E-state index is 12.2. The normalized spacial score (nSPS) is 10.7. The second-order valence-electron chi connectivity index (χ2n) is 6.71. The highest BCUT2D eigenvalue weighted by molar-refractivity contribution is 5.96. The first kappa shape index (κ1) is 18.6. The number of hydrogen-bond donors (Lipinski definition) is 3. The molecule has 3 aromatic rings. The Bertz CT molecular complexity index is 908. The number of fused-ring (bicyclic) bond motifs is 1. The number of rotatable bonds is 7. The number of carbonyl (C=O) groups excluding carboxylic acids is 2. The van der Waals surface area contributed by atoms with Crippen molar-refractivity contribution in [2.75, 3.05) is 13.1 Å². The molecule has 0 atom stereocenters. The Morgan fingerprint density at radius 1 is 1.04 bits per heavy atom. The number of nitrogens with one attached hydrogen (secondary N) is 3. The first-order chi connectivity index (χ1) is 13.0. The van der Waals surface area contributed by atoms with E-state index in [0.29, 0.717) is 12.1 Å². The summed E-state index contributed by atoms with van der Waals surface area (Å²) in [5, 5.41) is 5.48. The van der Waals surface area contributed by atoms with Crippen molar-refractivity contribution >= 4 is 22.8 Å². The minimum Gasteiger partial charge on any atom is -0.355 e. The first-order valence-electron chi connectivity index (χ1n) is 9.08. The number of imidazole rings is 1. The van der Waals surface area contributed by atoms with Crippen LogP contribution in [0.3, 0.4) is 0 Å². The molecule has 140 valence electrons. The van der Waals surface area contributed by atoms with E-state index < -0.39 is 0 Å². The van der Waals surface area contributed by atoms with Crippen LogP contribution in [0.5, 0.6) is 0 Å². The Balaban J connectivity index is 1.38. The lowest BCUT2D eigenvalue weighted by molar-refractivity contribution is -0.120. The van der Waals surface area contributed by atoms with Gasteiger partial charge in [0.15, 0.2) is 0 Å². The van der Waals surface area contributed by atoms with Gasteiger partial charge in [0, 0.05) is 18.5 Å². The van der Waals surface area contributed by atoms with E-state index in [1.54, 1.807) is 0 Å². The van der Waals surface area contributed by atoms with Crippen LogP contribution in [0.25, 0.3) is 11.0 Å². The maximum Gasteiger partial charge on any atom is 0.251 e. The van der Waals surface area contributed by atoms with Gasteiger partial charge in [0.1, 0.15) is 5.82 Å². The summed E-state index contributed by atoms with van der Waals surface area (Å²) in [7, 11) is 0. The zero-order chi connectivity index (χ0) is 19.2. The average molecular weight is 364 g/mol. The Labute approximate surface area is 158 Å². The van der Waals surface area contributed by atoms with Crippen molar-refractivity contribution < 1.29 is 9.59 Å². The van der Waals surface area contributed by atoms with E-state index in [2.05, 4.69) is 20.6 Å². The number of aromatic amines is 1. The lowest BCUT2D eigenvalue weighted by atomic mass is 10.1. The van der Waals surface area contributed by atoms with Crippen molar-refractivity contribution in [3.8, 4) is 0 Å². The van der Waals surface area contributed by atoms with Gasteiger partial charge >= 0.3 is 0 Å². The Morgan fingerprint density at radius 3 is 2.52 bits per heavy atom. The number of carbonyl (C=O) groups is 2. The van der Waals surface area contributed by atoms with Gasteiger partial charge in [0.05, 0.1) is 17.6 Å². The topological polar surface area (TPSA) is 86.9 Å². The van der Waals surface area contributed by atoms with E-state index in [1.165, 1.54) is 0 Å². The van der Waals surface area contributed by atoms with Crippen LogP contribution in [0.15, 0.2) is 42.5 Å². The number of benzene rings is 2. The van der Waals surface area contributed by atoms with Crippen LogP contribution < -0.4 is 10.6 Å². The number of hydrogen-bond acceptors (Lipinski definition) is 3. The van der Waals surface area contributed by atoms with E-state index in [9.17, 15) is 9.59 Å². The molecule has 6 heteroatoms. The number of para-hydroxylation sites is 2.